The van der Waals surface area contributed by atoms with Gasteiger partial charge in [-0.15, -0.1) is 0 Å². The van der Waals surface area contributed by atoms with Crippen molar-refractivity contribution in [2.75, 3.05) is 12.4 Å². The van der Waals surface area contributed by atoms with Crippen LogP contribution >= 0.6 is 12.2 Å². The number of amides is 1. The average Bonchev–Trinajstić information content (AvgIpc) is 2.48. The lowest BCUT2D eigenvalue weighted by atomic mass is 10.2. The van der Waals surface area contributed by atoms with Crippen LogP contribution in [0.15, 0.2) is 54.6 Å². The maximum Gasteiger partial charge on any atom is 0.261 e. The Labute approximate surface area is 122 Å². The summed E-state index contributed by atoms with van der Waals surface area (Å²) in [6, 6.07) is 16.4. The summed E-state index contributed by atoms with van der Waals surface area (Å²) in [6.45, 7) is 0. The number of anilines is 1. The van der Waals surface area contributed by atoms with E-state index in [1.165, 1.54) is 7.11 Å². The normalized spacial score (nSPS) is 9.65. The average molecular weight is 286 g/mol. The van der Waals surface area contributed by atoms with Crippen LogP contribution < -0.4 is 15.4 Å². The number of carbonyl (C=O) groups is 1. The first-order valence-corrected chi connectivity index (χ1v) is 6.42. The van der Waals surface area contributed by atoms with E-state index in [2.05, 4.69) is 10.6 Å². The molecule has 0 atom stereocenters. The molecule has 0 radical (unpaired) electrons. The number of para-hydroxylation sites is 2. The van der Waals surface area contributed by atoms with Gasteiger partial charge in [-0.3, -0.25) is 10.1 Å². The van der Waals surface area contributed by atoms with Gasteiger partial charge in [-0.2, -0.15) is 0 Å². The van der Waals surface area contributed by atoms with Gasteiger partial charge in [-0.25, -0.2) is 0 Å². The van der Waals surface area contributed by atoms with Crippen molar-refractivity contribution >= 4 is 28.9 Å². The van der Waals surface area contributed by atoms with Crippen LogP contribution in [0.5, 0.6) is 5.75 Å². The van der Waals surface area contributed by atoms with Crippen LogP contribution in [0.1, 0.15) is 10.4 Å². The zero-order valence-electron chi connectivity index (χ0n) is 10.9. The summed E-state index contributed by atoms with van der Waals surface area (Å²) < 4.78 is 5.14. The number of thiocarbonyl (C=S) groups is 1. The van der Waals surface area contributed by atoms with Crippen LogP contribution in [-0.2, 0) is 0 Å². The predicted molar refractivity (Wildman–Crippen MR) is 83.1 cm³/mol. The number of nitrogens with one attached hydrogen (secondary N) is 2. The zero-order chi connectivity index (χ0) is 14.4. The van der Waals surface area contributed by atoms with Gasteiger partial charge in [0, 0.05) is 5.69 Å². The van der Waals surface area contributed by atoms with Gasteiger partial charge >= 0.3 is 0 Å². The summed E-state index contributed by atoms with van der Waals surface area (Å²) in [4.78, 5) is 12.1. The number of hydrogen-bond donors (Lipinski definition) is 2. The molecule has 0 saturated heterocycles. The first-order chi connectivity index (χ1) is 9.70. The van der Waals surface area contributed by atoms with Crippen LogP contribution in [0.2, 0.25) is 0 Å². The molecule has 2 aromatic carbocycles. The van der Waals surface area contributed by atoms with E-state index in [4.69, 9.17) is 17.0 Å². The van der Waals surface area contributed by atoms with E-state index in [-0.39, 0.29) is 11.0 Å². The molecule has 0 saturated carbocycles. The summed E-state index contributed by atoms with van der Waals surface area (Å²) in [5.74, 6) is 0.198. The molecule has 5 heteroatoms. The van der Waals surface area contributed by atoms with Crippen molar-refractivity contribution in [3.05, 3.63) is 60.2 Å². The van der Waals surface area contributed by atoms with Crippen molar-refractivity contribution in [1.29, 1.82) is 0 Å². The molecule has 4 nitrogen and oxygen atoms in total. The fourth-order valence-corrected chi connectivity index (χ4v) is 1.90. The monoisotopic (exact) mass is 286 g/mol. The molecular formula is C15H14N2O2S. The predicted octanol–water partition coefficient (Wildman–Crippen LogP) is 2.82. The molecule has 0 fully saturated rings. The fourth-order valence-electron chi connectivity index (χ4n) is 1.69. The molecule has 0 heterocycles. The van der Waals surface area contributed by atoms with Gasteiger partial charge in [0.1, 0.15) is 5.75 Å². The van der Waals surface area contributed by atoms with Gasteiger partial charge < -0.3 is 10.1 Å². The van der Waals surface area contributed by atoms with Crippen LogP contribution in [-0.4, -0.2) is 18.1 Å². The SMILES string of the molecule is COc1ccccc1C(=O)NC(=S)Nc1ccccc1. The fraction of sp³-hybridized carbons (Fsp3) is 0.0667. The lowest BCUT2D eigenvalue weighted by Crippen LogP contribution is -2.34. The Bertz CT molecular complexity index is 614. The molecule has 2 N–H and O–H groups in total. The lowest BCUT2D eigenvalue weighted by Gasteiger charge is -2.11. The molecular weight excluding hydrogens is 272 g/mol. The minimum absolute atomic E-state index is 0.243. The Hall–Kier alpha value is -2.40. The lowest BCUT2D eigenvalue weighted by molar-refractivity contribution is 0.0975. The highest BCUT2D eigenvalue weighted by Crippen LogP contribution is 2.16. The highest BCUT2D eigenvalue weighted by molar-refractivity contribution is 7.80. The third-order valence-corrected chi connectivity index (χ3v) is 2.81. The van der Waals surface area contributed by atoms with Crippen molar-refractivity contribution in [2.24, 2.45) is 0 Å². The Morgan fingerprint density at radius 3 is 2.40 bits per heavy atom. The van der Waals surface area contributed by atoms with Gasteiger partial charge in [0.25, 0.3) is 5.91 Å². The molecule has 0 aromatic heterocycles. The molecule has 1 amide bonds. The first-order valence-electron chi connectivity index (χ1n) is 6.01. The molecule has 2 aromatic rings. The Balaban J connectivity index is 2.02. The van der Waals surface area contributed by atoms with E-state index >= 15 is 0 Å². The second-order valence-electron chi connectivity index (χ2n) is 3.97. The second-order valence-corrected chi connectivity index (χ2v) is 4.38. The van der Waals surface area contributed by atoms with E-state index < -0.39 is 0 Å². The van der Waals surface area contributed by atoms with E-state index in [1.807, 2.05) is 30.3 Å². The third-order valence-electron chi connectivity index (χ3n) is 2.61. The summed E-state index contributed by atoms with van der Waals surface area (Å²) >= 11 is 5.11. The van der Waals surface area contributed by atoms with Gasteiger partial charge in [0.15, 0.2) is 5.11 Å². The Morgan fingerprint density at radius 1 is 1.05 bits per heavy atom. The summed E-state index contributed by atoms with van der Waals surface area (Å²) in [5.41, 5.74) is 1.25. The number of methoxy groups -OCH3 is 1. The number of carbonyl (C=O) groups excluding carboxylic acids is 1. The van der Waals surface area contributed by atoms with Crippen LogP contribution in [0.4, 0.5) is 5.69 Å². The van der Waals surface area contributed by atoms with Crippen molar-refractivity contribution < 1.29 is 9.53 Å². The van der Waals surface area contributed by atoms with Crippen LogP contribution in [0.25, 0.3) is 0 Å². The molecule has 0 unspecified atom stereocenters. The quantitative estimate of drug-likeness (QED) is 0.852. The molecule has 0 aliphatic rings. The van der Waals surface area contributed by atoms with Crippen LogP contribution in [0, 0.1) is 0 Å². The topological polar surface area (TPSA) is 50.4 Å². The van der Waals surface area contributed by atoms with E-state index in [1.54, 1.807) is 24.3 Å². The Kier molecular flexibility index (Phi) is 4.68. The maximum atomic E-state index is 12.1. The number of rotatable bonds is 3. The van der Waals surface area contributed by atoms with Gasteiger partial charge in [0.2, 0.25) is 0 Å². The zero-order valence-corrected chi connectivity index (χ0v) is 11.7. The standard InChI is InChI=1S/C15H14N2O2S/c1-19-13-10-6-5-9-12(13)14(18)17-15(20)16-11-7-3-2-4-8-11/h2-10H,1H3,(H2,16,17,18,20). The van der Waals surface area contributed by atoms with Crippen LogP contribution in [0.3, 0.4) is 0 Å². The van der Waals surface area contributed by atoms with Crippen molar-refractivity contribution in [1.82, 2.24) is 5.32 Å². The third kappa shape index (κ3) is 3.55. The molecule has 2 rings (SSSR count). The maximum absolute atomic E-state index is 12.1. The van der Waals surface area contributed by atoms with Crippen molar-refractivity contribution in [3.8, 4) is 5.75 Å². The summed E-state index contributed by atoms with van der Waals surface area (Å²) in [7, 11) is 1.52. The first kappa shape index (κ1) is 14.0. The van der Waals surface area contributed by atoms with E-state index in [9.17, 15) is 4.79 Å². The largest absolute Gasteiger partial charge is 0.496 e. The van der Waals surface area contributed by atoms with E-state index in [0.717, 1.165) is 5.69 Å². The summed E-state index contributed by atoms with van der Waals surface area (Å²) in [5, 5.41) is 5.80. The number of benzene rings is 2. The number of hydrogen-bond acceptors (Lipinski definition) is 3. The Morgan fingerprint density at radius 2 is 1.70 bits per heavy atom. The van der Waals surface area contributed by atoms with Crippen molar-refractivity contribution in [3.63, 3.8) is 0 Å². The van der Waals surface area contributed by atoms with Gasteiger partial charge in [0.05, 0.1) is 12.7 Å². The second kappa shape index (κ2) is 6.68. The van der Waals surface area contributed by atoms with Gasteiger partial charge in [-0.1, -0.05) is 30.3 Å². The minimum Gasteiger partial charge on any atom is -0.496 e. The molecule has 0 aliphatic heterocycles. The molecule has 0 aliphatic carbocycles. The molecule has 102 valence electrons. The number of ether oxygens (including phenoxy) is 1. The van der Waals surface area contributed by atoms with Crippen molar-refractivity contribution in [2.45, 2.75) is 0 Å². The highest BCUT2D eigenvalue weighted by Gasteiger charge is 2.12. The smallest absolute Gasteiger partial charge is 0.261 e. The van der Waals surface area contributed by atoms with Gasteiger partial charge in [-0.05, 0) is 36.5 Å². The highest BCUT2D eigenvalue weighted by atomic mass is 32.1. The molecule has 20 heavy (non-hydrogen) atoms. The summed E-state index contributed by atoms with van der Waals surface area (Å²) in [6.07, 6.45) is 0. The molecule has 0 bridgehead atoms. The molecule has 0 spiro atoms. The minimum atomic E-state index is -0.309. The van der Waals surface area contributed by atoms with E-state index in [0.29, 0.717) is 11.3 Å².